The Hall–Kier alpha value is -1.94. The van der Waals surface area contributed by atoms with Crippen LogP contribution in [0.4, 0.5) is 5.69 Å². The van der Waals surface area contributed by atoms with Crippen LogP contribution in [0.3, 0.4) is 0 Å². The van der Waals surface area contributed by atoms with Gasteiger partial charge in [-0.15, -0.1) is 11.3 Å². The van der Waals surface area contributed by atoms with Crippen LogP contribution in [0.15, 0.2) is 46.8 Å². The predicted octanol–water partition coefficient (Wildman–Crippen LogP) is 3.68. The normalized spacial score (nSPS) is 11.3. The average molecular weight is 259 g/mol. The molecule has 0 saturated carbocycles. The lowest BCUT2D eigenvalue weighted by Crippen LogP contribution is -2.10. The third-order valence-corrected chi connectivity index (χ3v) is 3.39. The third-order valence-electron chi connectivity index (χ3n) is 2.42. The minimum atomic E-state index is -0.400. The number of rotatable bonds is 3. The van der Waals surface area contributed by atoms with Gasteiger partial charge in [-0.05, 0) is 18.6 Å². The molecular weight excluding hydrogens is 246 g/mol. The van der Waals surface area contributed by atoms with E-state index in [9.17, 15) is 4.79 Å². The molecule has 1 heterocycles. The van der Waals surface area contributed by atoms with Crippen LogP contribution in [0.25, 0.3) is 10.4 Å². The van der Waals surface area contributed by atoms with Crippen molar-refractivity contribution < 1.29 is 9.53 Å². The van der Waals surface area contributed by atoms with Crippen LogP contribution in [-0.2, 0) is 9.53 Å². The maximum Gasteiger partial charge on any atom is 0.352 e. The molecule has 2 aromatic rings. The Morgan fingerprint density at radius 1 is 1.28 bits per heavy atom. The van der Waals surface area contributed by atoms with E-state index in [2.05, 4.69) is 9.73 Å². The Labute approximate surface area is 110 Å². The fourth-order valence-electron chi connectivity index (χ4n) is 1.53. The first-order valence-corrected chi connectivity index (χ1v) is 6.36. The molecule has 0 aliphatic heterocycles. The number of hydrogen-bond donors (Lipinski definition) is 0. The van der Waals surface area contributed by atoms with E-state index in [0.717, 1.165) is 16.1 Å². The van der Waals surface area contributed by atoms with Gasteiger partial charge in [0.15, 0.2) is 0 Å². The Kier molecular flexibility index (Phi) is 3.89. The molecule has 1 aromatic heterocycles. The van der Waals surface area contributed by atoms with Gasteiger partial charge in [0.05, 0.1) is 12.8 Å². The van der Waals surface area contributed by atoms with Gasteiger partial charge in [-0.2, -0.15) is 0 Å². The summed E-state index contributed by atoms with van der Waals surface area (Å²) >= 11 is 1.60. The number of carbonyl (C=O) groups is 1. The van der Waals surface area contributed by atoms with Crippen LogP contribution in [0.2, 0.25) is 0 Å². The molecule has 0 unspecified atom stereocenters. The van der Waals surface area contributed by atoms with Crippen LogP contribution in [-0.4, -0.2) is 18.8 Å². The van der Waals surface area contributed by atoms with Crippen LogP contribution >= 0.6 is 11.3 Å². The summed E-state index contributed by atoms with van der Waals surface area (Å²) in [5.41, 5.74) is 2.29. The number of esters is 1. The lowest BCUT2D eigenvalue weighted by molar-refractivity contribution is -0.132. The predicted molar refractivity (Wildman–Crippen MR) is 74.5 cm³/mol. The number of benzene rings is 1. The van der Waals surface area contributed by atoms with Gasteiger partial charge in [-0.25, -0.2) is 9.79 Å². The second-order valence-corrected chi connectivity index (χ2v) is 4.64. The summed E-state index contributed by atoms with van der Waals surface area (Å²) in [6.45, 7) is 1.64. The minimum Gasteiger partial charge on any atom is -0.465 e. The van der Waals surface area contributed by atoms with Crippen molar-refractivity contribution in [2.45, 2.75) is 6.92 Å². The maximum absolute atomic E-state index is 11.2. The molecule has 0 saturated heterocycles. The number of thiophene rings is 1. The standard InChI is InChI=1S/C14H13NO2S/c1-10(14(16)17-2)15-12-8-13(18-9-12)11-6-4-3-5-7-11/h3-9H,1-2H3. The second-order valence-electron chi connectivity index (χ2n) is 3.72. The van der Waals surface area contributed by atoms with E-state index in [1.165, 1.54) is 7.11 Å². The van der Waals surface area contributed by atoms with Gasteiger partial charge in [0.25, 0.3) is 0 Å². The number of ether oxygens (including phenoxy) is 1. The highest BCUT2D eigenvalue weighted by Crippen LogP contribution is 2.31. The molecule has 0 amide bonds. The van der Waals surface area contributed by atoms with E-state index >= 15 is 0 Å². The summed E-state index contributed by atoms with van der Waals surface area (Å²) in [4.78, 5) is 16.6. The van der Waals surface area contributed by atoms with E-state index in [1.807, 2.05) is 41.8 Å². The van der Waals surface area contributed by atoms with Crippen LogP contribution in [0.1, 0.15) is 6.92 Å². The molecule has 0 fully saturated rings. The van der Waals surface area contributed by atoms with Crippen molar-refractivity contribution in [2.24, 2.45) is 4.99 Å². The summed E-state index contributed by atoms with van der Waals surface area (Å²) < 4.78 is 4.61. The van der Waals surface area contributed by atoms with Crippen LogP contribution in [0.5, 0.6) is 0 Å². The summed E-state index contributed by atoms with van der Waals surface area (Å²) in [6.07, 6.45) is 0. The lowest BCUT2D eigenvalue weighted by atomic mass is 10.2. The summed E-state index contributed by atoms with van der Waals surface area (Å²) in [6, 6.07) is 12.0. The molecule has 18 heavy (non-hydrogen) atoms. The van der Waals surface area contributed by atoms with E-state index in [4.69, 9.17) is 0 Å². The van der Waals surface area contributed by atoms with E-state index in [0.29, 0.717) is 5.71 Å². The van der Waals surface area contributed by atoms with E-state index in [1.54, 1.807) is 18.3 Å². The zero-order valence-electron chi connectivity index (χ0n) is 10.2. The first-order chi connectivity index (χ1) is 8.70. The van der Waals surface area contributed by atoms with Crippen LogP contribution < -0.4 is 0 Å². The van der Waals surface area contributed by atoms with Crippen molar-refractivity contribution in [2.75, 3.05) is 7.11 Å². The van der Waals surface area contributed by atoms with Crippen molar-refractivity contribution in [3.63, 3.8) is 0 Å². The SMILES string of the molecule is COC(=O)C(C)=Nc1csc(-c2ccccc2)c1. The Morgan fingerprint density at radius 3 is 2.67 bits per heavy atom. The summed E-state index contributed by atoms with van der Waals surface area (Å²) in [7, 11) is 1.35. The molecule has 3 nitrogen and oxygen atoms in total. The molecule has 0 radical (unpaired) electrons. The monoisotopic (exact) mass is 259 g/mol. The maximum atomic E-state index is 11.2. The van der Waals surface area contributed by atoms with Crippen molar-refractivity contribution >= 4 is 28.7 Å². The fraction of sp³-hybridized carbons (Fsp3) is 0.143. The van der Waals surface area contributed by atoms with E-state index < -0.39 is 5.97 Å². The molecular formula is C14H13NO2S. The van der Waals surface area contributed by atoms with Gasteiger partial charge in [0.2, 0.25) is 0 Å². The highest BCUT2D eigenvalue weighted by Gasteiger charge is 2.06. The fourth-order valence-corrected chi connectivity index (χ4v) is 2.36. The van der Waals surface area contributed by atoms with Gasteiger partial charge < -0.3 is 4.74 Å². The molecule has 2 rings (SSSR count). The molecule has 0 aliphatic carbocycles. The van der Waals surface area contributed by atoms with Crippen molar-refractivity contribution in [3.05, 3.63) is 41.8 Å². The quantitative estimate of drug-likeness (QED) is 0.623. The molecule has 0 atom stereocenters. The van der Waals surface area contributed by atoms with Crippen molar-refractivity contribution in [1.29, 1.82) is 0 Å². The van der Waals surface area contributed by atoms with Gasteiger partial charge in [-0.3, -0.25) is 0 Å². The molecule has 4 heteroatoms. The highest BCUT2D eigenvalue weighted by atomic mass is 32.1. The molecule has 1 aromatic carbocycles. The summed E-state index contributed by atoms with van der Waals surface area (Å²) in [5, 5.41) is 1.93. The largest absolute Gasteiger partial charge is 0.465 e. The number of methoxy groups -OCH3 is 1. The Balaban J connectivity index is 2.24. The Bertz CT molecular complexity index is 572. The molecule has 92 valence electrons. The average Bonchev–Trinajstić information content (AvgIpc) is 2.87. The van der Waals surface area contributed by atoms with Gasteiger partial charge in [0, 0.05) is 10.3 Å². The molecule has 0 aliphatic rings. The van der Waals surface area contributed by atoms with Gasteiger partial charge in [0.1, 0.15) is 5.71 Å². The smallest absolute Gasteiger partial charge is 0.352 e. The summed E-state index contributed by atoms with van der Waals surface area (Å²) in [5.74, 6) is -0.400. The highest BCUT2D eigenvalue weighted by molar-refractivity contribution is 7.14. The number of hydrogen-bond acceptors (Lipinski definition) is 4. The first kappa shape index (κ1) is 12.5. The Morgan fingerprint density at radius 2 is 2.00 bits per heavy atom. The zero-order valence-corrected chi connectivity index (χ0v) is 11.0. The molecule has 0 bridgehead atoms. The van der Waals surface area contributed by atoms with Gasteiger partial charge in [-0.1, -0.05) is 30.3 Å². The lowest BCUT2D eigenvalue weighted by Gasteiger charge is -1.96. The van der Waals surface area contributed by atoms with Crippen molar-refractivity contribution in [1.82, 2.24) is 0 Å². The van der Waals surface area contributed by atoms with Crippen LogP contribution in [0, 0.1) is 0 Å². The minimum absolute atomic E-state index is 0.356. The molecule has 0 spiro atoms. The first-order valence-electron chi connectivity index (χ1n) is 5.48. The number of aliphatic imine (C=N–C) groups is 1. The van der Waals surface area contributed by atoms with Crippen molar-refractivity contribution in [3.8, 4) is 10.4 Å². The zero-order chi connectivity index (χ0) is 13.0. The van der Waals surface area contributed by atoms with E-state index in [-0.39, 0.29) is 0 Å². The van der Waals surface area contributed by atoms with Gasteiger partial charge >= 0.3 is 5.97 Å². The third kappa shape index (κ3) is 2.84. The number of carbonyl (C=O) groups excluding carboxylic acids is 1. The number of nitrogens with zero attached hydrogens (tertiary/aromatic N) is 1. The molecule has 0 N–H and O–H groups in total. The second kappa shape index (κ2) is 5.60. The topological polar surface area (TPSA) is 38.7 Å².